The monoisotopic (exact) mass is 166 g/mol. The fraction of sp³-hybridized carbons (Fsp3) is 0.714. The smallest absolute Gasteiger partial charge is 0.199 e. The molecular weight excluding hydrogens is 160 g/mol. The van der Waals surface area contributed by atoms with Crippen molar-refractivity contribution in [1.29, 1.82) is 0 Å². The van der Waals surface area contributed by atoms with E-state index in [4.69, 9.17) is 0 Å². The first-order valence-electron chi connectivity index (χ1n) is 3.41. The van der Waals surface area contributed by atoms with Gasteiger partial charge in [-0.2, -0.15) is 17.6 Å². The molecule has 2 bridgehead atoms. The van der Waals surface area contributed by atoms with E-state index in [2.05, 4.69) is 0 Å². The summed E-state index contributed by atoms with van der Waals surface area (Å²) < 4.78 is 50.5. The van der Waals surface area contributed by atoms with Crippen molar-refractivity contribution in [2.24, 2.45) is 5.92 Å². The topological polar surface area (TPSA) is 0 Å². The first kappa shape index (κ1) is 7.13. The minimum Gasteiger partial charge on any atom is -0.199 e. The summed E-state index contributed by atoms with van der Waals surface area (Å²) in [4.78, 5) is 0. The molecule has 2 aliphatic carbocycles. The van der Waals surface area contributed by atoms with E-state index in [-0.39, 0.29) is 18.4 Å². The molecule has 0 heterocycles. The number of fused-ring (bicyclic) bond motifs is 2. The highest BCUT2D eigenvalue weighted by atomic mass is 19.3. The highest BCUT2D eigenvalue weighted by Crippen LogP contribution is 2.59. The molecule has 11 heavy (non-hydrogen) atoms. The second-order valence-electron chi connectivity index (χ2n) is 3.06. The lowest BCUT2D eigenvalue weighted by molar-refractivity contribution is -0.194. The third-order valence-corrected chi connectivity index (χ3v) is 2.45. The Hall–Kier alpha value is -0.540. The van der Waals surface area contributed by atoms with Crippen LogP contribution in [0, 0.1) is 5.92 Å². The highest BCUT2D eigenvalue weighted by molar-refractivity contribution is 5.31. The van der Waals surface area contributed by atoms with Gasteiger partial charge in [-0.15, -0.1) is 0 Å². The van der Waals surface area contributed by atoms with Crippen LogP contribution in [0.2, 0.25) is 0 Å². The molecule has 62 valence electrons. The van der Waals surface area contributed by atoms with E-state index in [1.54, 1.807) is 0 Å². The van der Waals surface area contributed by atoms with E-state index in [1.807, 2.05) is 0 Å². The Morgan fingerprint density at radius 1 is 1.27 bits per heavy atom. The Kier molecular flexibility index (Phi) is 1.05. The molecule has 2 rings (SSSR count). The summed E-state index contributed by atoms with van der Waals surface area (Å²) >= 11 is 0. The van der Waals surface area contributed by atoms with Crippen LogP contribution in [-0.2, 0) is 0 Å². The summed E-state index contributed by atoms with van der Waals surface area (Å²) in [5.74, 6) is -8.81. The Balaban J connectivity index is 2.48. The van der Waals surface area contributed by atoms with Crippen molar-refractivity contribution in [3.05, 3.63) is 11.6 Å². The van der Waals surface area contributed by atoms with Crippen LogP contribution in [-0.4, -0.2) is 11.8 Å². The number of rotatable bonds is 0. The summed E-state index contributed by atoms with van der Waals surface area (Å²) in [6.45, 7) is 0. The van der Waals surface area contributed by atoms with Crippen molar-refractivity contribution in [2.75, 3.05) is 0 Å². The summed E-state index contributed by atoms with van der Waals surface area (Å²) in [5, 5.41) is 0. The van der Waals surface area contributed by atoms with E-state index in [0.29, 0.717) is 0 Å². The Morgan fingerprint density at radius 2 is 1.91 bits per heavy atom. The standard InChI is InChI=1S/C7H6F4/c8-6(9)4-1-2-5(3-4)7(6,10)11/h1,5H,2-3H2. The molecule has 0 radical (unpaired) electrons. The van der Waals surface area contributed by atoms with Gasteiger partial charge in [0.25, 0.3) is 0 Å². The molecule has 0 spiro atoms. The lowest BCUT2D eigenvalue weighted by atomic mass is 9.99. The molecule has 1 fully saturated rings. The molecule has 0 aromatic carbocycles. The van der Waals surface area contributed by atoms with E-state index < -0.39 is 17.8 Å². The van der Waals surface area contributed by atoms with Crippen molar-refractivity contribution < 1.29 is 17.6 Å². The van der Waals surface area contributed by atoms with Gasteiger partial charge in [0.1, 0.15) is 0 Å². The Morgan fingerprint density at radius 3 is 2.18 bits per heavy atom. The predicted octanol–water partition coefficient (Wildman–Crippen LogP) is 2.61. The van der Waals surface area contributed by atoms with E-state index >= 15 is 0 Å². The molecule has 0 aliphatic heterocycles. The van der Waals surface area contributed by atoms with Gasteiger partial charge in [-0.25, -0.2) is 0 Å². The molecular formula is C7H6F4. The van der Waals surface area contributed by atoms with Crippen LogP contribution in [0.5, 0.6) is 0 Å². The third kappa shape index (κ3) is 0.607. The first-order valence-corrected chi connectivity index (χ1v) is 3.41. The van der Waals surface area contributed by atoms with Crippen molar-refractivity contribution >= 4 is 0 Å². The van der Waals surface area contributed by atoms with Crippen LogP contribution >= 0.6 is 0 Å². The maximum absolute atomic E-state index is 12.6. The fourth-order valence-corrected chi connectivity index (χ4v) is 1.72. The van der Waals surface area contributed by atoms with Crippen molar-refractivity contribution in [2.45, 2.75) is 24.7 Å². The van der Waals surface area contributed by atoms with Gasteiger partial charge in [0.05, 0.1) is 0 Å². The third-order valence-electron chi connectivity index (χ3n) is 2.45. The van der Waals surface area contributed by atoms with Gasteiger partial charge < -0.3 is 0 Å². The maximum Gasteiger partial charge on any atom is 0.331 e. The van der Waals surface area contributed by atoms with Gasteiger partial charge in [-0.05, 0) is 12.8 Å². The van der Waals surface area contributed by atoms with E-state index in [1.165, 1.54) is 6.08 Å². The molecule has 0 N–H and O–H groups in total. The minimum absolute atomic E-state index is 0.109. The van der Waals surface area contributed by atoms with Gasteiger partial charge in [-0.1, -0.05) is 6.08 Å². The van der Waals surface area contributed by atoms with Gasteiger partial charge in [-0.3, -0.25) is 0 Å². The van der Waals surface area contributed by atoms with Crippen LogP contribution < -0.4 is 0 Å². The summed E-state index contributed by atoms with van der Waals surface area (Å²) in [6, 6.07) is 0. The largest absolute Gasteiger partial charge is 0.331 e. The Bertz CT molecular complexity index is 229. The highest BCUT2D eigenvalue weighted by Gasteiger charge is 2.69. The molecule has 1 saturated carbocycles. The van der Waals surface area contributed by atoms with Gasteiger partial charge in [0.15, 0.2) is 0 Å². The zero-order chi connectivity index (χ0) is 8.28. The minimum atomic E-state index is -3.87. The molecule has 0 amide bonds. The van der Waals surface area contributed by atoms with Crippen LogP contribution in [0.15, 0.2) is 11.6 Å². The average Bonchev–Trinajstić information content (AvgIpc) is 2.37. The second-order valence-corrected chi connectivity index (χ2v) is 3.06. The lowest BCUT2D eigenvalue weighted by Gasteiger charge is -2.25. The quantitative estimate of drug-likeness (QED) is 0.383. The molecule has 2 aliphatic rings. The number of allylic oxidation sites excluding steroid dienone is 2. The lowest BCUT2D eigenvalue weighted by Crippen LogP contribution is -2.41. The number of alkyl halides is 4. The van der Waals surface area contributed by atoms with E-state index in [9.17, 15) is 17.6 Å². The van der Waals surface area contributed by atoms with Crippen molar-refractivity contribution in [1.82, 2.24) is 0 Å². The second kappa shape index (κ2) is 1.62. The molecule has 0 nitrogen and oxygen atoms in total. The summed E-state index contributed by atoms with van der Waals surface area (Å²) in [5.41, 5.74) is -0.368. The van der Waals surface area contributed by atoms with E-state index in [0.717, 1.165) is 0 Å². The zero-order valence-electron chi connectivity index (χ0n) is 5.58. The number of hydrogen-bond acceptors (Lipinski definition) is 0. The maximum atomic E-state index is 12.6. The zero-order valence-corrected chi connectivity index (χ0v) is 5.58. The predicted molar refractivity (Wildman–Crippen MR) is 30.7 cm³/mol. The molecule has 0 aromatic rings. The van der Waals surface area contributed by atoms with Crippen LogP contribution in [0.3, 0.4) is 0 Å². The van der Waals surface area contributed by atoms with Crippen molar-refractivity contribution in [3.63, 3.8) is 0 Å². The molecule has 1 atom stereocenters. The Labute approximate surface area is 60.9 Å². The molecule has 1 unspecified atom stereocenters. The van der Waals surface area contributed by atoms with Gasteiger partial charge in [0, 0.05) is 11.5 Å². The summed E-state index contributed by atoms with van der Waals surface area (Å²) in [7, 11) is 0. The fourth-order valence-electron chi connectivity index (χ4n) is 1.72. The summed E-state index contributed by atoms with van der Waals surface area (Å²) in [6.07, 6.45) is 1.22. The van der Waals surface area contributed by atoms with Gasteiger partial charge in [0.2, 0.25) is 0 Å². The van der Waals surface area contributed by atoms with Crippen LogP contribution in [0.1, 0.15) is 12.8 Å². The van der Waals surface area contributed by atoms with Crippen LogP contribution in [0.4, 0.5) is 17.6 Å². The molecule has 0 aromatic heterocycles. The SMILES string of the molecule is FC1(F)C2=CCC(C2)C1(F)F. The molecule has 4 heteroatoms. The first-order chi connectivity index (χ1) is 4.96. The van der Waals surface area contributed by atoms with Gasteiger partial charge >= 0.3 is 11.8 Å². The van der Waals surface area contributed by atoms with Crippen LogP contribution in [0.25, 0.3) is 0 Å². The van der Waals surface area contributed by atoms with Crippen molar-refractivity contribution in [3.8, 4) is 0 Å². The number of hydrogen-bond donors (Lipinski definition) is 0. The average molecular weight is 166 g/mol. The molecule has 0 saturated heterocycles. The number of halogens is 4. The normalized spacial score (nSPS) is 37.5.